The van der Waals surface area contributed by atoms with Crippen molar-refractivity contribution in [3.63, 3.8) is 0 Å². The van der Waals surface area contributed by atoms with Crippen molar-refractivity contribution in [3.8, 4) is 6.07 Å². The van der Waals surface area contributed by atoms with Crippen molar-refractivity contribution in [3.05, 3.63) is 40.4 Å². The standard InChI is InChI=1S/C11H8ClNO2/c1-15-11(14)9-4-2-6-10(12)8(9)5-3-7-13/h2-6H,1H3. The number of nitrogens with zero attached hydrogens (tertiary/aromatic N) is 1. The second-order valence-corrected chi connectivity index (χ2v) is 3.06. The molecule has 0 heterocycles. The molecule has 0 aliphatic rings. The Morgan fingerprint density at radius 3 is 2.93 bits per heavy atom. The molecule has 1 aromatic carbocycles. The zero-order valence-electron chi connectivity index (χ0n) is 8.03. The number of carbonyl (C=O) groups excluding carboxylic acids is 1. The molecule has 1 rings (SSSR count). The van der Waals surface area contributed by atoms with E-state index >= 15 is 0 Å². The van der Waals surface area contributed by atoms with Gasteiger partial charge in [0.25, 0.3) is 0 Å². The molecule has 0 radical (unpaired) electrons. The van der Waals surface area contributed by atoms with Crippen LogP contribution in [0.3, 0.4) is 0 Å². The van der Waals surface area contributed by atoms with Gasteiger partial charge in [0.15, 0.2) is 0 Å². The Morgan fingerprint density at radius 2 is 2.33 bits per heavy atom. The highest BCUT2D eigenvalue weighted by Gasteiger charge is 2.11. The van der Waals surface area contributed by atoms with Crippen LogP contribution in [0.4, 0.5) is 0 Å². The normalized spacial score (nSPS) is 9.93. The Labute approximate surface area is 92.5 Å². The number of nitriles is 1. The molecule has 15 heavy (non-hydrogen) atoms. The van der Waals surface area contributed by atoms with Gasteiger partial charge in [-0.2, -0.15) is 5.26 Å². The van der Waals surface area contributed by atoms with Gasteiger partial charge < -0.3 is 4.74 Å². The minimum atomic E-state index is -0.477. The first-order valence-corrected chi connectivity index (χ1v) is 4.51. The van der Waals surface area contributed by atoms with E-state index in [2.05, 4.69) is 4.74 Å². The molecule has 0 aliphatic heterocycles. The van der Waals surface area contributed by atoms with Crippen LogP contribution in [0.15, 0.2) is 24.3 Å². The summed E-state index contributed by atoms with van der Waals surface area (Å²) in [5.41, 5.74) is 0.837. The van der Waals surface area contributed by atoms with Crippen LogP contribution in [-0.2, 0) is 4.74 Å². The number of esters is 1. The summed E-state index contributed by atoms with van der Waals surface area (Å²) in [7, 11) is 1.29. The smallest absolute Gasteiger partial charge is 0.338 e. The van der Waals surface area contributed by atoms with Crippen LogP contribution in [0, 0.1) is 11.3 Å². The average Bonchev–Trinajstić information content (AvgIpc) is 2.26. The van der Waals surface area contributed by atoms with Gasteiger partial charge in [-0.05, 0) is 18.2 Å². The maximum Gasteiger partial charge on any atom is 0.338 e. The van der Waals surface area contributed by atoms with E-state index in [1.54, 1.807) is 18.2 Å². The van der Waals surface area contributed by atoms with Crippen LogP contribution in [0.5, 0.6) is 0 Å². The summed E-state index contributed by atoms with van der Waals surface area (Å²) in [5, 5.41) is 8.82. The van der Waals surface area contributed by atoms with Crippen molar-refractivity contribution in [1.82, 2.24) is 0 Å². The number of benzene rings is 1. The highest BCUT2D eigenvalue weighted by molar-refractivity contribution is 6.32. The third-order valence-corrected chi connectivity index (χ3v) is 2.11. The lowest BCUT2D eigenvalue weighted by molar-refractivity contribution is 0.0600. The van der Waals surface area contributed by atoms with Gasteiger partial charge in [0.05, 0.1) is 18.7 Å². The molecule has 0 fully saturated rings. The van der Waals surface area contributed by atoms with Crippen LogP contribution in [0.25, 0.3) is 6.08 Å². The van der Waals surface area contributed by atoms with Crippen molar-refractivity contribution in [2.24, 2.45) is 0 Å². The fraction of sp³-hybridized carbons (Fsp3) is 0.0909. The zero-order chi connectivity index (χ0) is 11.3. The molecule has 0 aliphatic carbocycles. The molecule has 0 unspecified atom stereocenters. The maximum atomic E-state index is 11.4. The molecule has 1 aromatic rings. The summed E-state index contributed by atoms with van der Waals surface area (Å²) < 4.78 is 4.60. The minimum Gasteiger partial charge on any atom is -0.465 e. The SMILES string of the molecule is COC(=O)c1cccc(Cl)c1C=CC#N. The van der Waals surface area contributed by atoms with E-state index in [9.17, 15) is 4.79 Å². The Hall–Kier alpha value is -1.79. The molecule has 0 amide bonds. The van der Waals surface area contributed by atoms with Crippen LogP contribution in [0.2, 0.25) is 5.02 Å². The van der Waals surface area contributed by atoms with E-state index in [-0.39, 0.29) is 0 Å². The number of halogens is 1. The molecule has 0 spiro atoms. The van der Waals surface area contributed by atoms with Gasteiger partial charge in [-0.15, -0.1) is 0 Å². The van der Waals surface area contributed by atoms with Gasteiger partial charge in [0, 0.05) is 16.7 Å². The fourth-order valence-electron chi connectivity index (χ4n) is 1.11. The molecular formula is C11H8ClNO2. The predicted molar refractivity (Wildman–Crippen MR) is 57.4 cm³/mol. The predicted octanol–water partition coefficient (Wildman–Crippen LogP) is 2.66. The van der Waals surface area contributed by atoms with Crippen molar-refractivity contribution in [2.75, 3.05) is 7.11 Å². The second-order valence-electron chi connectivity index (χ2n) is 2.66. The lowest BCUT2D eigenvalue weighted by Crippen LogP contribution is -2.03. The number of hydrogen-bond acceptors (Lipinski definition) is 3. The van der Waals surface area contributed by atoms with Crippen molar-refractivity contribution >= 4 is 23.6 Å². The summed E-state index contributed by atoms with van der Waals surface area (Å²) in [6.45, 7) is 0. The van der Waals surface area contributed by atoms with Crippen LogP contribution < -0.4 is 0 Å². The third kappa shape index (κ3) is 2.58. The molecule has 0 N–H and O–H groups in total. The largest absolute Gasteiger partial charge is 0.465 e. The van der Waals surface area contributed by atoms with Gasteiger partial charge in [-0.3, -0.25) is 0 Å². The van der Waals surface area contributed by atoms with Gasteiger partial charge in [0.2, 0.25) is 0 Å². The fourth-order valence-corrected chi connectivity index (χ4v) is 1.35. The number of ether oxygens (including phenoxy) is 1. The van der Waals surface area contributed by atoms with Crippen molar-refractivity contribution in [1.29, 1.82) is 5.26 Å². The quantitative estimate of drug-likeness (QED) is 0.570. The van der Waals surface area contributed by atoms with Crippen LogP contribution in [-0.4, -0.2) is 13.1 Å². The summed E-state index contributed by atoms with van der Waals surface area (Å²) in [6, 6.07) is 6.72. The van der Waals surface area contributed by atoms with Crippen molar-refractivity contribution < 1.29 is 9.53 Å². The lowest BCUT2D eigenvalue weighted by Gasteiger charge is -2.04. The summed E-state index contributed by atoms with van der Waals surface area (Å²) in [5.74, 6) is -0.477. The van der Waals surface area contributed by atoms with E-state index in [1.165, 1.54) is 19.3 Å². The van der Waals surface area contributed by atoms with Crippen LogP contribution >= 0.6 is 11.6 Å². The Kier molecular flexibility index (Phi) is 3.90. The maximum absolute atomic E-state index is 11.4. The molecule has 76 valence electrons. The molecule has 0 saturated carbocycles. The molecular weight excluding hydrogens is 214 g/mol. The van der Waals surface area contributed by atoms with E-state index in [1.807, 2.05) is 6.07 Å². The molecule has 3 nitrogen and oxygen atoms in total. The Bertz CT molecular complexity index is 446. The van der Waals surface area contributed by atoms with Gasteiger partial charge >= 0.3 is 5.97 Å². The van der Waals surface area contributed by atoms with E-state index in [0.29, 0.717) is 16.1 Å². The highest BCUT2D eigenvalue weighted by atomic mass is 35.5. The zero-order valence-corrected chi connectivity index (χ0v) is 8.78. The summed E-state index contributed by atoms with van der Waals surface area (Å²) in [4.78, 5) is 11.4. The molecule has 4 heteroatoms. The summed E-state index contributed by atoms with van der Waals surface area (Å²) >= 11 is 5.90. The number of carbonyl (C=O) groups is 1. The monoisotopic (exact) mass is 221 g/mol. The summed E-state index contributed by atoms with van der Waals surface area (Å²) in [6.07, 6.45) is 2.74. The van der Waals surface area contributed by atoms with Crippen LogP contribution in [0.1, 0.15) is 15.9 Å². The number of hydrogen-bond donors (Lipinski definition) is 0. The lowest BCUT2D eigenvalue weighted by atomic mass is 10.1. The number of methoxy groups -OCH3 is 1. The van der Waals surface area contributed by atoms with E-state index in [4.69, 9.17) is 16.9 Å². The van der Waals surface area contributed by atoms with Gasteiger partial charge in [-0.25, -0.2) is 4.79 Å². The number of rotatable bonds is 2. The highest BCUT2D eigenvalue weighted by Crippen LogP contribution is 2.22. The molecule has 0 atom stereocenters. The van der Waals surface area contributed by atoms with Gasteiger partial charge in [0.1, 0.15) is 0 Å². The third-order valence-electron chi connectivity index (χ3n) is 1.78. The first kappa shape index (κ1) is 11.3. The molecule has 0 bridgehead atoms. The first-order valence-electron chi connectivity index (χ1n) is 4.13. The van der Waals surface area contributed by atoms with E-state index < -0.39 is 5.97 Å². The van der Waals surface area contributed by atoms with E-state index in [0.717, 1.165) is 0 Å². The van der Waals surface area contributed by atoms with Crippen molar-refractivity contribution in [2.45, 2.75) is 0 Å². The topological polar surface area (TPSA) is 50.1 Å². The van der Waals surface area contributed by atoms with Gasteiger partial charge in [-0.1, -0.05) is 17.7 Å². The number of allylic oxidation sites excluding steroid dienone is 1. The Morgan fingerprint density at radius 1 is 1.60 bits per heavy atom. The first-order chi connectivity index (χ1) is 7.20. The molecule has 0 saturated heterocycles. The minimum absolute atomic E-state index is 0.344. The Balaban J connectivity index is 3.27. The second kappa shape index (κ2) is 5.18. The molecule has 0 aromatic heterocycles. The average molecular weight is 222 g/mol.